The van der Waals surface area contributed by atoms with Gasteiger partial charge >= 0.3 is 0 Å². The molecule has 0 aromatic carbocycles. The molecular weight excluding hydrogens is 326 g/mol. The highest BCUT2D eigenvalue weighted by Crippen LogP contribution is 2.43. The van der Waals surface area contributed by atoms with Gasteiger partial charge in [0.05, 0.1) is 0 Å². The molecule has 0 atom stereocenters. The lowest BCUT2D eigenvalue weighted by Gasteiger charge is -2.10. The summed E-state index contributed by atoms with van der Waals surface area (Å²) in [6, 6.07) is 3.83. The lowest BCUT2D eigenvalue weighted by atomic mass is 10.3. The fourth-order valence-electron chi connectivity index (χ4n) is 0.541. The largest absolute Gasteiger partial charge is 0.265 e. The molecule has 0 saturated heterocycles. The third kappa shape index (κ3) is 2.32. The average Bonchev–Trinajstić information content (AvgIpc) is 1.88. The Morgan fingerprint density at radius 3 is 1.90 bits per heavy atom. The molecule has 1 nitrogen and oxygen atoms in total. The lowest BCUT2D eigenvalue weighted by molar-refractivity contribution is 1.26. The summed E-state index contributed by atoms with van der Waals surface area (Å²) in [5.41, 5.74) is 1.09. The molecule has 1 aromatic heterocycles. The number of halogens is 3. The van der Waals surface area contributed by atoms with Crippen LogP contribution in [-0.4, -0.2) is 4.98 Å². The van der Waals surface area contributed by atoms with Crippen molar-refractivity contribution >= 4 is 47.8 Å². The van der Waals surface area contributed by atoms with Crippen LogP contribution in [0.5, 0.6) is 0 Å². The average molecular weight is 330 g/mol. The van der Waals surface area contributed by atoms with Crippen LogP contribution in [0, 0.1) is 0 Å². The molecule has 1 heterocycles. The van der Waals surface area contributed by atoms with Crippen molar-refractivity contribution in [2.24, 2.45) is 0 Å². The second-order valence-corrected chi connectivity index (χ2v) is 8.49. The second kappa shape index (κ2) is 3.32. The molecule has 4 heteroatoms. The van der Waals surface area contributed by atoms with E-state index in [1.165, 1.54) is 0 Å². The maximum atomic E-state index is 3.90. The van der Waals surface area contributed by atoms with E-state index < -0.39 is 0 Å². The molecule has 10 heavy (non-hydrogen) atoms. The van der Waals surface area contributed by atoms with E-state index in [0.717, 1.165) is 5.56 Å². The van der Waals surface area contributed by atoms with Gasteiger partial charge < -0.3 is 0 Å². The van der Waals surface area contributed by atoms with Gasteiger partial charge in [-0.1, -0.05) is 47.8 Å². The SMILES string of the molecule is BrC(Br)(Br)c1ccncc1. The van der Waals surface area contributed by atoms with Crippen molar-refractivity contribution in [3.8, 4) is 0 Å². The minimum absolute atomic E-state index is 0.310. The van der Waals surface area contributed by atoms with Gasteiger partial charge in [-0.2, -0.15) is 0 Å². The van der Waals surface area contributed by atoms with Crippen molar-refractivity contribution in [2.75, 3.05) is 0 Å². The summed E-state index contributed by atoms with van der Waals surface area (Å²) in [4.78, 5) is 3.90. The zero-order chi connectivity index (χ0) is 7.61. The summed E-state index contributed by atoms with van der Waals surface area (Å²) in [5.74, 6) is 0. The van der Waals surface area contributed by atoms with Gasteiger partial charge in [0.2, 0.25) is 0 Å². The van der Waals surface area contributed by atoms with Crippen molar-refractivity contribution < 1.29 is 0 Å². The van der Waals surface area contributed by atoms with Crippen LogP contribution in [0.3, 0.4) is 0 Å². The molecule has 1 rings (SSSR count). The highest BCUT2D eigenvalue weighted by atomic mass is 80.0. The summed E-state index contributed by atoms with van der Waals surface area (Å²) >= 11 is 10.2. The molecule has 0 aliphatic carbocycles. The number of rotatable bonds is 0. The van der Waals surface area contributed by atoms with Crippen LogP contribution in [0.2, 0.25) is 0 Å². The van der Waals surface area contributed by atoms with E-state index in [-0.39, 0.29) is 2.14 Å². The van der Waals surface area contributed by atoms with Crippen LogP contribution in [0.1, 0.15) is 5.56 Å². The van der Waals surface area contributed by atoms with Gasteiger partial charge in [-0.05, 0) is 17.7 Å². The number of hydrogen-bond acceptors (Lipinski definition) is 1. The highest BCUT2D eigenvalue weighted by Gasteiger charge is 2.19. The smallest absolute Gasteiger partial charge is 0.159 e. The van der Waals surface area contributed by atoms with Crippen molar-refractivity contribution in [3.63, 3.8) is 0 Å². The molecule has 0 bridgehead atoms. The molecule has 0 spiro atoms. The minimum Gasteiger partial charge on any atom is -0.265 e. The Kier molecular flexibility index (Phi) is 2.89. The summed E-state index contributed by atoms with van der Waals surface area (Å²) in [6.45, 7) is 0. The first-order chi connectivity index (χ1) is 4.61. The van der Waals surface area contributed by atoms with Crippen molar-refractivity contribution in [2.45, 2.75) is 2.14 Å². The summed E-state index contributed by atoms with van der Waals surface area (Å²) in [7, 11) is 0. The van der Waals surface area contributed by atoms with Crippen molar-refractivity contribution in [1.29, 1.82) is 0 Å². The third-order valence-electron chi connectivity index (χ3n) is 1.01. The highest BCUT2D eigenvalue weighted by molar-refractivity contribution is 9.38. The Morgan fingerprint density at radius 2 is 1.60 bits per heavy atom. The Morgan fingerprint density at radius 1 is 1.10 bits per heavy atom. The van der Waals surface area contributed by atoms with Crippen molar-refractivity contribution in [1.82, 2.24) is 4.98 Å². The molecule has 0 amide bonds. The Bertz CT molecular complexity index is 204. The van der Waals surface area contributed by atoms with E-state index in [4.69, 9.17) is 0 Å². The standard InChI is InChI=1S/C6H4Br3N/c7-6(8,9)5-1-3-10-4-2-5/h1-4H. The quantitative estimate of drug-likeness (QED) is 0.665. The zero-order valence-electron chi connectivity index (χ0n) is 4.89. The van der Waals surface area contributed by atoms with Gasteiger partial charge in [0, 0.05) is 12.4 Å². The van der Waals surface area contributed by atoms with Crippen LogP contribution in [-0.2, 0) is 2.14 Å². The van der Waals surface area contributed by atoms with E-state index in [2.05, 4.69) is 52.8 Å². The molecule has 0 aliphatic heterocycles. The van der Waals surface area contributed by atoms with E-state index in [0.29, 0.717) is 0 Å². The number of hydrogen-bond donors (Lipinski definition) is 0. The van der Waals surface area contributed by atoms with Gasteiger partial charge in [0.1, 0.15) is 0 Å². The van der Waals surface area contributed by atoms with Crippen LogP contribution in [0.4, 0.5) is 0 Å². The van der Waals surface area contributed by atoms with E-state index >= 15 is 0 Å². The summed E-state index contributed by atoms with van der Waals surface area (Å²) < 4.78 is -0.310. The van der Waals surface area contributed by atoms with Crippen LogP contribution in [0.25, 0.3) is 0 Å². The fraction of sp³-hybridized carbons (Fsp3) is 0.167. The third-order valence-corrected chi connectivity index (χ3v) is 2.38. The first-order valence-corrected chi connectivity index (χ1v) is 4.96. The predicted molar refractivity (Wildman–Crippen MR) is 52.7 cm³/mol. The Hall–Kier alpha value is 0.590. The van der Waals surface area contributed by atoms with Gasteiger partial charge in [-0.15, -0.1) is 0 Å². The fourth-order valence-corrected chi connectivity index (χ4v) is 1.33. The molecule has 0 N–H and O–H groups in total. The molecule has 0 unspecified atom stereocenters. The van der Waals surface area contributed by atoms with Crippen LogP contribution in [0.15, 0.2) is 24.5 Å². The second-order valence-electron chi connectivity index (χ2n) is 1.73. The lowest BCUT2D eigenvalue weighted by Crippen LogP contribution is -1.96. The summed E-state index contributed by atoms with van der Waals surface area (Å²) in [5, 5.41) is 0. The first-order valence-electron chi connectivity index (χ1n) is 2.58. The van der Waals surface area contributed by atoms with E-state index in [1.54, 1.807) is 12.4 Å². The maximum absolute atomic E-state index is 3.90. The normalized spacial score (nSPS) is 11.5. The zero-order valence-corrected chi connectivity index (χ0v) is 9.65. The van der Waals surface area contributed by atoms with Gasteiger partial charge in [0.15, 0.2) is 2.14 Å². The number of aromatic nitrogens is 1. The minimum atomic E-state index is -0.310. The Balaban J connectivity index is 2.97. The molecule has 0 aliphatic rings. The molecule has 0 saturated carbocycles. The van der Waals surface area contributed by atoms with Gasteiger partial charge in [-0.25, -0.2) is 0 Å². The first kappa shape index (κ1) is 8.68. The van der Waals surface area contributed by atoms with Crippen LogP contribution >= 0.6 is 47.8 Å². The molecule has 54 valence electrons. The van der Waals surface area contributed by atoms with Gasteiger partial charge in [-0.3, -0.25) is 4.98 Å². The predicted octanol–water partition coefficient (Wildman–Crippen LogP) is 3.38. The Labute approximate surface area is 84.6 Å². The topological polar surface area (TPSA) is 12.9 Å². The number of alkyl halides is 3. The molecular formula is C6H4Br3N. The van der Waals surface area contributed by atoms with Gasteiger partial charge in [0.25, 0.3) is 0 Å². The molecule has 0 fully saturated rings. The number of nitrogens with zero attached hydrogens (tertiary/aromatic N) is 1. The molecule has 0 radical (unpaired) electrons. The molecule has 1 aromatic rings. The van der Waals surface area contributed by atoms with E-state index in [1.807, 2.05) is 12.1 Å². The van der Waals surface area contributed by atoms with Crippen LogP contribution < -0.4 is 0 Å². The van der Waals surface area contributed by atoms with E-state index in [9.17, 15) is 0 Å². The number of pyridine rings is 1. The van der Waals surface area contributed by atoms with Crippen molar-refractivity contribution in [3.05, 3.63) is 30.1 Å². The monoisotopic (exact) mass is 327 g/mol. The maximum Gasteiger partial charge on any atom is 0.159 e. The summed E-state index contributed by atoms with van der Waals surface area (Å²) in [6.07, 6.45) is 3.49.